The van der Waals surface area contributed by atoms with Crippen molar-refractivity contribution in [2.75, 3.05) is 5.73 Å². The van der Waals surface area contributed by atoms with Gasteiger partial charge in [-0.05, 0) is 38.0 Å². The van der Waals surface area contributed by atoms with Crippen LogP contribution in [0.15, 0.2) is 17.0 Å². The molecule has 0 heterocycles. The van der Waals surface area contributed by atoms with Crippen LogP contribution >= 0.6 is 11.6 Å². The minimum Gasteiger partial charge on any atom is -0.398 e. The highest BCUT2D eigenvalue weighted by Crippen LogP contribution is 2.26. The van der Waals surface area contributed by atoms with E-state index in [1.165, 1.54) is 6.07 Å². The topological polar surface area (TPSA) is 72.2 Å². The maximum absolute atomic E-state index is 12.4. The molecule has 0 aromatic heterocycles. The number of nitrogens with two attached hydrogens (primary N) is 1. The second-order valence-corrected chi connectivity index (χ2v) is 7.26. The van der Waals surface area contributed by atoms with Crippen LogP contribution < -0.4 is 10.5 Å². The van der Waals surface area contributed by atoms with Crippen molar-refractivity contribution >= 4 is 27.3 Å². The third-order valence-corrected chi connectivity index (χ3v) is 5.19. The average Bonchev–Trinajstić information content (AvgIpc) is 2.33. The number of hydrogen-bond donors (Lipinski definition) is 2. The lowest BCUT2D eigenvalue weighted by Gasteiger charge is -2.16. The van der Waals surface area contributed by atoms with Crippen LogP contribution in [0.25, 0.3) is 0 Å². The second-order valence-electron chi connectivity index (χ2n) is 5.14. The summed E-state index contributed by atoms with van der Waals surface area (Å²) in [7, 11) is -3.59. The summed E-state index contributed by atoms with van der Waals surface area (Å²) >= 11 is 5.89. The molecule has 0 fully saturated rings. The summed E-state index contributed by atoms with van der Waals surface area (Å²) in [6.07, 6.45) is 4.05. The quantitative estimate of drug-likeness (QED) is 0.597. The van der Waals surface area contributed by atoms with E-state index in [-0.39, 0.29) is 10.9 Å². The van der Waals surface area contributed by atoms with Gasteiger partial charge in [-0.25, -0.2) is 13.1 Å². The summed E-state index contributed by atoms with van der Waals surface area (Å²) < 4.78 is 27.4. The van der Waals surface area contributed by atoms with Gasteiger partial charge in [-0.3, -0.25) is 0 Å². The molecule has 0 aliphatic heterocycles. The van der Waals surface area contributed by atoms with Gasteiger partial charge in [0.1, 0.15) is 0 Å². The number of hydrogen-bond acceptors (Lipinski definition) is 3. The number of benzene rings is 1. The van der Waals surface area contributed by atoms with Crippen molar-refractivity contribution in [1.82, 2.24) is 4.72 Å². The van der Waals surface area contributed by atoms with Crippen molar-refractivity contribution in [3.63, 3.8) is 0 Å². The van der Waals surface area contributed by atoms with Gasteiger partial charge in [0.2, 0.25) is 10.0 Å². The molecule has 1 aromatic carbocycles. The van der Waals surface area contributed by atoms with Crippen molar-refractivity contribution < 1.29 is 8.42 Å². The second kappa shape index (κ2) is 7.29. The van der Waals surface area contributed by atoms with E-state index in [9.17, 15) is 8.42 Å². The first-order valence-electron chi connectivity index (χ1n) is 6.86. The normalized spacial score (nSPS) is 13.4. The molecule has 20 heavy (non-hydrogen) atoms. The van der Waals surface area contributed by atoms with Crippen molar-refractivity contribution in [3.05, 3.63) is 22.7 Å². The van der Waals surface area contributed by atoms with E-state index in [2.05, 4.69) is 11.6 Å². The number of sulfonamides is 1. The van der Waals surface area contributed by atoms with Crippen LogP contribution in [-0.2, 0) is 10.0 Å². The number of unbranched alkanes of at least 4 members (excludes halogenated alkanes) is 2. The van der Waals surface area contributed by atoms with Gasteiger partial charge >= 0.3 is 0 Å². The van der Waals surface area contributed by atoms with Gasteiger partial charge in [0.05, 0.1) is 4.90 Å². The van der Waals surface area contributed by atoms with Crippen molar-refractivity contribution in [3.8, 4) is 0 Å². The Bertz CT molecular complexity index is 559. The minimum absolute atomic E-state index is 0.105. The predicted octanol–water partition coefficient (Wildman–Crippen LogP) is 3.48. The fourth-order valence-electron chi connectivity index (χ4n) is 2.04. The minimum atomic E-state index is -3.59. The molecule has 4 nitrogen and oxygen atoms in total. The first kappa shape index (κ1) is 17.3. The summed E-state index contributed by atoms with van der Waals surface area (Å²) in [4.78, 5) is 0.157. The van der Waals surface area contributed by atoms with E-state index in [4.69, 9.17) is 17.3 Å². The number of nitrogens with one attached hydrogen (secondary N) is 1. The zero-order valence-corrected chi connectivity index (χ0v) is 13.8. The van der Waals surface area contributed by atoms with Gasteiger partial charge in [-0.15, -0.1) is 0 Å². The molecule has 114 valence electrons. The van der Waals surface area contributed by atoms with Crippen LogP contribution in [0.1, 0.15) is 45.1 Å². The Morgan fingerprint density at radius 1 is 1.35 bits per heavy atom. The molecule has 1 aromatic rings. The van der Waals surface area contributed by atoms with Gasteiger partial charge < -0.3 is 5.73 Å². The third kappa shape index (κ3) is 4.65. The van der Waals surface area contributed by atoms with Crippen LogP contribution in [0.3, 0.4) is 0 Å². The number of rotatable bonds is 7. The van der Waals surface area contributed by atoms with E-state index in [0.717, 1.165) is 25.7 Å². The molecule has 0 saturated heterocycles. The molecule has 0 spiro atoms. The first-order chi connectivity index (χ1) is 9.27. The van der Waals surface area contributed by atoms with E-state index in [1.807, 2.05) is 6.92 Å². The Morgan fingerprint density at radius 3 is 2.60 bits per heavy atom. The summed E-state index contributed by atoms with van der Waals surface area (Å²) in [6, 6.07) is 2.89. The third-order valence-electron chi connectivity index (χ3n) is 3.25. The highest BCUT2D eigenvalue weighted by atomic mass is 35.5. The van der Waals surface area contributed by atoms with Crippen LogP contribution in [0.2, 0.25) is 5.02 Å². The standard InChI is InChI=1S/C14H23ClN2O2S/c1-4-5-6-7-10(2)17-20(18,19)14-9-12(15)8-13(16)11(14)3/h8-10,17H,4-7,16H2,1-3H3. The number of anilines is 1. The molecule has 3 N–H and O–H groups in total. The van der Waals surface area contributed by atoms with Crippen LogP contribution in [0.4, 0.5) is 5.69 Å². The highest BCUT2D eigenvalue weighted by Gasteiger charge is 2.21. The average molecular weight is 319 g/mol. The predicted molar refractivity (Wildman–Crippen MR) is 84.5 cm³/mol. The lowest BCUT2D eigenvalue weighted by molar-refractivity contribution is 0.527. The molecular weight excluding hydrogens is 296 g/mol. The summed E-state index contributed by atoms with van der Waals surface area (Å²) in [5.74, 6) is 0. The summed E-state index contributed by atoms with van der Waals surface area (Å²) in [6.45, 7) is 5.67. The zero-order valence-electron chi connectivity index (χ0n) is 12.2. The fraction of sp³-hybridized carbons (Fsp3) is 0.571. The Labute approximate surface area is 126 Å². The van der Waals surface area contributed by atoms with Crippen LogP contribution in [0, 0.1) is 6.92 Å². The largest absolute Gasteiger partial charge is 0.398 e. The maximum atomic E-state index is 12.4. The molecule has 0 bridgehead atoms. The molecular formula is C14H23ClN2O2S. The molecule has 0 aliphatic rings. The first-order valence-corrected chi connectivity index (χ1v) is 8.72. The molecule has 0 amide bonds. The molecule has 1 rings (SSSR count). The van der Waals surface area contributed by atoms with Crippen LogP contribution in [0.5, 0.6) is 0 Å². The maximum Gasteiger partial charge on any atom is 0.241 e. The Balaban J connectivity index is 2.89. The smallest absolute Gasteiger partial charge is 0.241 e. The zero-order chi connectivity index (χ0) is 15.3. The Morgan fingerprint density at radius 2 is 2.00 bits per heavy atom. The van der Waals surface area contributed by atoms with Gasteiger partial charge in [0, 0.05) is 16.8 Å². The van der Waals surface area contributed by atoms with E-state index >= 15 is 0 Å². The lowest BCUT2D eigenvalue weighted by atomic mass is 10.1. The Kier molecular flexibility index (Phi) is 6.30. The van der Waals surface area contributed by atoms with Gasteiger partial charge in [0.25, 0.3) is 0 Å². The Hall–Kier alpha value is -0.780. The van der Waals surface area contributed by atoms with Crippen molar-refractivity contribution in [1.29, 1.82) is 0 Å². The molecule has 0 radical (unpaired) electrons. The molecule has 6 heteroatoms. The monoisotopic (exact) mass is 318 g/mol. The van der Waals surface area contributed by atoms with E-state index < -0.39 is 10.0 Å². The number of nitrogen functional groups attached to an aromatic ring is 1. The van der Waals surface area contributed by atoms with Crippen molar-refractivity contribution in [2.45, 2.75) is 57.4 Å². The van der Waals surface area contributed by atoms with Gasteiger partial charge in [-0.2, -0.15) is 0 Å². The number of halogens is 1. The van der Waals surface area contributed by atoms with Crippen molar-refractivity contribution in [2.24, 2.45) is 0 Å². The molecule has 0 aliphatic carbocycles. The molecule has 0 saturated carbocycles. The SMILES string of the molecule is CCCCCC(C)NS(=O)(=O)c1cc(Cl)cc(N)c1C. The van der Waals surface area contributed by atoms with Gasteiger partial charge in [0.15, 0.2) is 0 Å². The van der Waals surface area contributed by atoms with E-state index in [1.54, 1.807) is 13.0 Å². The van der Waals surface area contributed by atoms with Gasteiger partial charge in [-0.1, -0.05) is 37.8 Å². The van der Waals surface area contributed by atoms with Crippen LogP contribution in [-0.4, -0.2) is 14.5 Å². The lowest BCUT2D eigenvalue weighted by Crippen LogP contribution is -2.33. The van der Waals surface area contributed by atoms with E-state index in [0.29, 0.717) is 16.3 Å². The summed E-state index contributed by atoms with van der Waals surface area (Å²) in [5, 5.41) is 0.326. The summed E-state index contributed by atoms with van der Waals surface area (Å²) in [5.41, 5.74) is 6.69. The molecule has 1 atom stereocenters. The molecule has 1 unspecified atom stereocenters. The highest BCUT2D eigenvalue weighted by molar-refractivity contribution is 7.89. The fourth-order valence-corrected chi connectivity index (χ4v) is 3.91.